The summed E-state index contributed by atoms with van der Waals surface area (Å²) in [6, 6.07) is 19.8. The summed E-state index contributed by atoms with van der Waals surface area (Å²) in [4.78, 5) is 2.49. The summed E-state index contributed by atoms with van der Waals surface area (Å²) >= 11 is 0. The van der Waals surface area contributed by atoms with Gasteiger partial charge in [0.1, 0.15) is 0 Å². The Morgan fingerprint density at radius 2 is 1.69 bits per heavy atom. The smallest absolute Gasteiger partial charge is 0.0481 e. The van der Waals surface area contributed by atoms with Crippen molar-refractivity contribution in [3.8, 4) is 0 Å². The van der Waals surface area contributed by atoms with Crippen LogP contribution in [0.3, 0.4) is 0 Å². The number of hydrogen-bond donors (Lipinski definition) is 0. The van der Waals surface area contributed by atoms with E-state index >= 15 is 0 Å². The molecule has 1 aliphatic heterocycles. The van der Waals surface area contributed by atoms with Gasteiger partial charge in [-0.05, 0) is 42.5 Å². The fourth-order valence-corrected chi connectivity index (χ4v) is 4.91. The molecule has 0 saturated heterocycles. The molecule has 0 unspecified atom stereocenters. The molecule has 1 heterocycles. The van der Waals surface area contributed by atoms with E-state index in [4.69, 9.17) is 0 Å². The molecule has 0 amide bonds. The Morgan fingerprint density at radius 3 is 2.38 bits per heavy atom. The summed E-state index contributed by atoms with van der Waals surface area (Å²) in [5.41, 5.74) is 7.14. The first kappa shape index (κ1) is 16.9. The van der Waals surface area contributed by atoms with Crippen molar-refractivity contribution in [1.29, 1.82) is 0 Å². The maximum Gasteiger partial charge on any atom is 0.0481 e. The zero-order chi connectivity index (χ0) is 18.0. The van der Waals surface area contributed by atoms with Crippen molar-refractivity contribution < 1.29 is 0 Å². The second kappa shape index (κ2) is 6.99. The van der Waals surface area contributed by atoms with Gasteiger partial charge in [-0.3, -0.25) is 0 Å². The highest BCUT2D eigenvalue weighted by atomic mass is 15.2. The highest BCUT2D eigenvalue weighted by Gasteiger charge is 2.46. The monoisotopic (exact) mass is 341 g/mol. The van der Waals surface area contributed by atoms with E-state index < -0.39 is 0 Å². The van der Waals surface area contributed by atoms with Gasteiger partial charge in [-0.25, -0.2) is 0 Å². The fraction of sp³-hybridized carbons (Fsp3) is 0.280. The molecule has 0 atom stereocenters. The summed E-state index contributed by atoms with van der Waals surface area (Å²) in [5, 5.41) is 0. The van der Waals surface area contributed by atoms with Gasteiger partial charge >= 0.3 is 0 Å². The average Bonchev–Trinajstić information content (AvgIpc) is 3.17. The minimum Gasteiger partial charge on any atom is -0.337 e. The Balaban J connectivity index is 1.91. The van der Waals surface area contributed by atoms with Crippen LogP contribution in [0.2, 0.25) is 0 Å². The molecule has 1 nitrogen and oxygen atoms in total. The van der Waals surface area contributed by atoms with Crippen LogP contribution in [0.5, 0.6) is 0 Å². The predicted octanol–water partition coefficient (Wildman–Crippen LogP) is 6.53. The summed E-state index contributed by atoms with van der Waals surface area (Å²) in [7, 11) is 0. The normalized spacial score (nSPS) is 21.3. The van der Waals surface area contributed by atoms with Crippen molar-refractivity contribution in [2.45, 2.75) is 44.6 Å². The van der Waals surface area contributed by atoms with Crippen LogP contribution in [-0.2, 0) is 12.0 Å². The average molecular weight is 341 g/mol. The molecule has 0 radical (unpaired) electrons. The molecule has 1 aliphatic carbocycles. The highest BCUT2D eigenvalue weighted by molar-refractivity contribution is 5.72. The van der Waals surface area contributed by atoms with Gasteiger partial charge in [0.25, 0.3) is 0 Å². The minimum atomic E-state index is 0.153. The molecule has 1 heteroatoms. The number of rotatable bonds is 3. The van der Waals surface area contributed by atoms with Crippen LogP contribution in [0, 0.1) is 0 Å². The van der Waals surface area contributed by atoms with Crippen molar-refractivity contribution in [2.75, 3.05) is 4.90 Å². The molecule has 2 aromatic carbocycles. The van der Waals surface area contributed by atoms with Crippen molar-refractivity contribution in [2.24, 2.45) is 0 Å². The van der Waals surface area contributed by atoms with E-state index in [1.54, 1.807) is 0 Å². The Labute approximate surface area is 157 Å². The number of para-hydroxylation sites is 1. The van der Waals surface area contributed by atoms with Gasteiger partial charge in [-0.15, -0.1) is 0 Å². The summed E-state index contributed by atoms with van der Waals surface area (Å²) in [6.45, 7) is 7.08. The van der Waals surface area contributed by atoms with Gasteiger partial charge in [0.05, 0.1) is 0 Å². The third kappa shape index (κ3) is 2.63. The number of allylic oxidation sites excluding steroid dienone is 4. The molecule has 1 spiro atoms. The van der Waals surface area contributed by atoms with E-state index in [-0.39, 0.29) is 5.41 Å². The van der Waals surface area contributed by atoms with Crippen LogP contribution < -0.4 is 4.90 Å². The zero-order valence-corrected chi connectivity index (χ0v) is 15.6. The quantitative estimate of drug-likeness (QED) is 0.613. The van der Waals surface area contributed by atoms with Crippen LogP contribution in [0.4, 0.5) is 5.69 Å². The molecule has 0 aromatic heterocycles. The van der Waals surface area contributed by atoms with Crippen LogP contribution in [-0.4, -0.2) is 0 Å². The lowest BCUT2D eigenvalue weighted by Crippen LogP contribution is -2.39. The lowest BCUT2D eigenvalue weighted by molar-refractivity contribution is 0.510. The molecule has 1 saturated carbocycles. The minimum absolute atomic E-state index is 0.153. The van der Waals surface area contributed by atoms with Crippen molar-refractivity contribution >= 4 is 5.69 Å². The Kier molecular flexibility index (Phi) is 4.55. The molecule has 0 bridgehead atoms. The molecular weight excluding hydrogens is 314 g/mol. The Bertz CT molecular complexity index is 851. The lowest BCUT2D eigenvalue weighted by atomic mass is 9.68. The van der Waals surface area contributed by atoms with Gasteiger partial charge < -0.3 is 4.90 Å². The predicted molar refractivity (Wildman–Crippen MR) is 111 cm³/mol. The molecule has 26 heavy (non-hydrogen) atoms. The fourth-order valence-electron chi connectivity index (χ4n) is 4.91. The van der Waals surface area contributed by atoms with E-state index in [2.05, 4.69) is 85.2 Å². The second-order valence-electron chi connectivity index (χ2n) is 7.37. The third-order valence-electron chi connectivity index (χ3n) is 5.99. The molecule has 2 aliphatic rings. The first-order valence-electron chi connectivity index (χ1n) is 9.71. The van der Waals surface area contributed by atoms with Crippen molar-refractivity contribution in [3.63, 3.8) is 0 Å². The van der Waals surface area contributed by atoms with Gasteiger partial charge in [-0.2, -0.15) is 0 Å². The molecule has 132 valence electrons. The molecule has 0 N–H and O–H groups in total. The van der Waals surface area contributed by atoms with Crippen molar-refractivity contribution in [1.82, 2.24) is 0 Å². The van der Waals surface area contributed by atoms with E-state index in [0.29, 0.717) is 0 Å². The van der Waals surface area contributed by atoms with Crippen LogP contribution in [0.25, 0.3) is 0 Å². The first-order valence-corrected chi connectivity index (χ1v) is 9.71. The van der Waals surface area contributed by atoms with E-state index in [0.717, 1.165) is 6.54 Å². The van der Waals surface area contributed by atoms with E-state index in [1.807, 2.05) is 6.08 Å². The third-order valence-corrected chi connectivity index (χ3v) is 5.99. The lowest BCUT2D eigenvalue weighted by Gasteiger charge is -2.46. The van der Waals surface area contributed by atoms with E-state index in [9.17, 15) is 0 Å². The molecule has 4 rings (SSSR count). The van der Waals surface area contributed by atoms with Crippen LogP contribution in [0.15, 0.2) is 90.7 Å². The first-order chi connectivity index (χ1) is 12.8. The Morgan fingerprint density at radius 1 is 1.00 bits per heavy atom. The summed E-state index contributed by atoms with van der Waals surface area (Å²) < 4.78 is 0. The number of nitrogens with zero attached hydrogens (tertiary/aromatic N) is 1. The van der Waals surface area contributed by atoms with E-state index in [1.165, 1.54) is 53.8 Å². The topological polar surface area (TPSA) is 3.24 Å². The molecular formula is C25H27N. The van der Waals surface area contributed by atoms with Gasteiger partial charge in [0.2, 0.25) is 0 Å². The van der Waals surface area contributed by atoms with Crippen molar-refractivity contribution in [3.05, 3.63) is 102 Å². The number of anilines is 1. The number of hydrogen-bond acceptors (Lipinski definition) is 1. The number of benzene rings is 2. The highest BCUT2D eigenvalue weighted by Crippen LogP contribution is 2.56. The molecule has 2 aromatic rings. The summed E-state index contributed by atoms with van der Waals surface area (Å²) in [6.07, 6.45) is 11.6. The maximum absolute atomic E-state index is 4.02. The largest absolute Gasteiger partial charge is 0.337 e. The Hall–Kier alpha value is -2.54. The van der Waals surface area contributed by atoms with Crippen LogP contribution >= 0.6 is 0 Å². The number of fused-ring (bicyclic) bond motifs is 2. The SMILES string of the molecule is C=C/C=C1\C(=C/C)N(Cc2ccccc2)c2ccccc2C12CCCC2. The zero-order valence-electron chi connectivity index (χ0n) is 15.6. The maximum atomic E-state index is 4.02. The molecule has 1 fully saturated rings. The summed E-state index contributed by atoms with van der Waals surface area (Å²) in [5.74, 6) is 0. The van der Waals surface area contributed by atoms with Crippen LogP contribution in [0.1, 0.15) is 43.7 Å². The van der Waals surface area contributed by atoms with Gasteiger partial charge in [0.15, 0.2) is 0 Å². The standard InChI is InChI=1S/C25H27N/c1-3-12-21-23(4-2)26(19-20-13-6-5-7-14-20)24-16-9-8-15-22(24)25(21)17-10-11-18-25/h3-9,12-16H,1,10-11,17-19H2,2H3/b21-12+,23-4+. The van der Waals surface area contributed by atoms with Gasteiger partial charge in [0, 0.05) is 23.3 Å². The second-order valence-corrected chi connectivity index (χ2v) is 7.37. The van der Waals surface area contributed by atoms with Gasteiger partial charge in [-0.1, -0.05) is 86.2 Å².